The van der Waals surface area contributed by atoms with E-state index in [4.69, 9.17) is 9.47 Å². The highest BCUT2D eigenvalue weighted by Crippen LogP contribution is 2.36. The highest BCUT2D eigenvalue weighted by Gasteiger charge is 2.57. The second kappa shape index (κ2) is 4.13. The molecular weight excluding hydrogens is 240 g/mol. The molecule has 0 saturated carbocycles. The summed E-state index contributed by atoms with van der Waals surface area (Å²) in [5.41, 5.74) is -1.07. The molecule has 0 unspecified atom stereocenters. The van der Waals surface area contributed by atoms with Crippen molar-refractivity contribution in [1.82, 2.24) is 5.32 Å². The summed E-state index contributed by atoms with van der Waals surface area (Å²) in [5, 5.41) is 21.4. The number of fused-ring (bicyclic) bond motifs is 2. The molecule has 1 amide bonds. The van der Waals surface area contributed by atoms with Crippen LogP contribution in [0.3, 0.4) is 0 Å². The van der Waals surface area contributed by atoms with Crippen LogP contribution >= 0.6 is 0 Å². The Morgan fingerprint density at radius 3 is 2.76 bits per heavy atom. The topological polar surface area (TPSA) is 88.0 Å². The minimum absolute atomic E-state index is 0.0247. The van der Waals surface area contributed by atoms with Crippen molar-refractivity contribution in [3.05, 3.63) is 0 Å². The highest BCUT2D eigenvalue weighted by atomic mass is 19.3. The molecular formula is C9H13F2NO5. The number of carbonyl (C=O) groups is 1. The lowest BCUT2D eigenvalue weighted by Gasteiger charge is -2.41. The number of carbonyl (C=O) groups excluding carboxylic acids is 1. The Balaban J connectivity index is 2.11. The van der Waals surface area contributed by atoms with Gasteiger partial charge in [0.25, 0.3) is 5.91 Å². The van der Waals surface area contributed by atoms with Crippen LogP contribution in [0.4, 0.5) is 8.78 Å². The molecule has 2 rings (SSSR count). The number of hydrogen-bond donors (Lipinski definition) is 3. The first-order valence-electron chi connectivity index (χ1n) is 5.09. The average Bonchev–Trinajstić information content (AvgIpc) is 2.63. The third-order valence-electron chi connectivity index (χ3n) is 3.04. The van der Waals surface area contributed by atoms with Crippen LogP contribution in [0.15, 0.2) is 0 Å². The number of ether oxygens (including phenoxy) is 2. The van der Waals surface area contributed by atoms with Crippen LogP contribution < -0.4 is 5.32 Å². The van der Waals surface area contributed by atoms with Crippen LogP contribution in [-0.4, -0.2) is 59.3 Å². The second-order valence-electron chi connectivity index (χ2n) is 4.38. The van der Waals surface area contributed by atoms with E-state index in [2.05, 4.69) is 0 Å². The summed E-state index contributed by atoms with van der Waals surface area (Å²) >= 11 is 0. The van der Waals surface area contributed by atoms with Gasteiger partial charge in [0, 0.05) is 0 Å². The van der Waals surface area contributed by atoms with E-state index in [1.807, 2.05) is 5.32 Å². The van der Waals surface area contributed by atoms with Gasteiger partial charge in [-0.3, -0.25) is 4.79 Å². The number of aliphatic hydroxyl groups excluding tert-OH is 2. The van der Waals surface area contributed by atoms with Gasteiger partial charge in [-0.1, -0.05) is 0 Å². The minimum atomic E-state index is -3.20. The van der Waals surface area contributed by atoms with E-state index in [0.29, 0.717) is 0 Å². The monoisotopic (exact) mass is 253 g/mol. The first kappa shape index (κ1) is 12.6. The van der Waals surface area contributed by atoms with Crippen LogP contribution in [0.5, 0.6) is 0 Å². The predicted octanol–water partition coefficient (Wildman–Crippen LogP) is -1.40. The third-order valence-corrected chi connectivity index (χ3v) is 3.04. The number of aliphatic hydroxyl groups is 2. The van der Waals surface area contributed by atoms with Crippen molar-refractivity contribution in [3.63, 3.8) is 0 Å². The fourth-order valence-electron chi connectivity index (χ4n) is 2.01. The van der Waals surface area contributed by atoms with Gasteiger partial charge < -0.3 is 25.0 Å². The summed E-state index contributed by atoms with van der Waals surface area (Å²) in [7, 11) is 0. The minimum Gasteiger partial charge on any atom is -0.388 e. The molecule has 2 aliphatic rings. The summed E-state index contributed by atoms with van der Waals surface area (Å²) < 4.78 is 34.6. The quantitative estimate of drug-likeness (QED) is 0.563. The SMILES string of the molecule is C[C@@]12CO[C@@H](O1)[C@@H](NC(=O)C(F)F)[C@@H](O)[C@H]2O. The molecule has 2 saturated heterocycles. The zero-order valence-corrected chi connectivity index (χ0v) is 8.97. The Kier molecular flexibility index (Phi) is 3.06. The summed E-state index contributed by atoms with van der Waals surface area (Å²) in [6.45, 7) is 1.56. The summed E-state index contributed by atoms with van der Waals surface area (Å²) in [5.74, 6) is -1.54. The van der Waals surface area contributed by atoms with Gasteiger partial charge in [-0.05, 0) is 6.92 Å². The fraction of sp³-hybridized carbons (Fsp3) is 0.889. The summed E-state index contributed by atoms with van der Waals surface area (Å²) in [4.78, 5) is 10.9. The van der Waals surface area contributed by atoms with Gasteiger partial charge in [0.15, 0.2) is 6.29 Å². The Hall–Kier alpha value is -0.830. The largest absolute Gasteiger partial charge is 0.388 e. The van der Waals surface area contributed by atoms with E-state index in [0.717, 1.165) is 0 Å². The van der Waals surface area contributed by atoms with Gasteiger partial charge >= 0.3 is 6.43 Å². The van der Waals surface area contributed by atoms with E-state index in [1.165, 1.54) is 6.92 Å². The standard InChI is InChI=1S/C9H13F2NO5/c1-9-2-16-8(17-9)3(4(13)5(9)14)12-7(15)6(10)11/h3-6,8,13-14H,2H2,1H3,(H,12,15)/t3-,4+,5+,8-,9-/m0/s1. The molecule has 2 aliphatic heterocycles. The highest BCUT2D eigenvalue weighted by molar-refractivity contribution is 5.79. The number of halogens is 2. The lowest BCUT2D eigenvalue weighted by Crippen LogP contribution is -2.64. The van der Waals surface area contributed by atoms with E-state index in [1.54, 1.807) is 0 Å². The number of rotatable bonds is 2. The smallest absolute Gasteiger partial charge is 0.315 e. The van der Waals surface area contributed by atoms with Crippen LogP contribution in [0.2, 0.25) is 0 Å². The van der Waals surface area contributed by atoms with E-state index in [-0.39, 0.29) is 6.61 Å². The molecule has 0 aromatic rings. The Bertz CT molecular complexity index is 329. The molecule has 98 valence electrons. The first-order chi connectivity index (χ1) is 7.85. The molecule has 2 bridgehead atoms. The lowest BCUT2D eigenvalue weighted by molar-refractivity contribution is -0.219. The van der Waals surface area contributed by atoms with Gasteiger partial charge in [0.05, 0.1) is 6.61 Å². The Labute approximate surface area is 95.5 Å². The molecule has 0 aliphatic carbocycles. The van der Waals surface area contributed by atoms with E-state index in [9.17, 15) is 23.8 Å². The summed E-state index contributed by atoms with van der Waals surface area (Å²) in [6, 6.07) is -1.21. The lowest BCUT2D eigenvalue weighted by atomic mass is 9.89. The van der Waals surface area contributed by atoms with Crippen LogP contribution in [0.1, 0.15) is 6.92 Å². The number of hydrogen-bond acceptors (Lipinski definition) is 5. The normalized spacial score (nSPS) is 45.1. The number of amides is 1. The predicted molar refractivity (Wildman–Crippen MR) is 49.2 cm³/mol. The molecule has 17 heavy (non-hydrogen) atoms. The average molecular weight is 253 g/mol. The molecule has 5 atom stereocenters. The van der Waals surface area contributed by atoms with Gasteiger partial charge in [-0.2, -0.15) is 8.78 Å². The number of nitrogens with one attached hydrogen (secondary N) is 1. The van der Waals surface area contributed by atoms with Crippen LogP contribution in [0, 0.1) is 0 Å². The zero-order valence-electron chi connectivity index (χ0n) is 8.97. The van der Waals surface area contributed by atoms with Crippen molar-refractivity contribution < 1.29 is 33.3 Å². The Morgan fingerprint density at radius 2 is 2.18 bits per heavy atom. The molecule has 2 fully saturated rings. The first-order valence-corrected chi connectivity index (χ1v) is 5.09. The third kappa shape index (κ3) is 2.01. The van der Waals surface area contributed by atoms with Crippen LogP contribution in [0.25, 0.3) is 0 Å². The molecule has 3 N–H and O–H groups in total. The van der Waals surface area contributed by atoms with Crippen molar-refractivity contribution >= 4 is 5.91 Å². The molecule has 0 radical (unpaired) electrons. The van der Waals surface area contributed by atoms with E-state index >= 15 is 0 Å². The number of alkyl halides is 2. The van der Waals surface area contributed by atoms with E-state index < -0.39 is 42.5 Å². The second-order valence-corrected chi connectivity index (χ2v) is 4.38. The van der Waals surface area contributed by atoms with Crippen molar-refractivity contribution in [2.24, 2.45) is 0 Å². The van der Waals surface area contributed by atoms with Gasteiger partial charge in [0.1, 0.15) is 23.9 Å². The molecule has 2 heterocycles. The molecule has 0 spiro atoms. The van der Waals surface area contributed by atoms with Gasteiger partial charge in [-0.15, -0.1) is 0 Å². The maximum absolute atomic E-state index is 12.1. The van der Waals surface area contributed by atoms with Gasteiger partial charge in [0.2, 0.25) is 0 Å². The van der Waals surface area contributed by atoms with Crippen molar-refractivity contribution in [2.75, 3.05) is 6.61 Å². The fourth-order valence-corrected chi connectivity index (χ4v) is 2.01. The Morgan fingerprint density at radius 1 is 1.53 bits per heavy atom. The molecule has 8 heteroatoms. The van der Waals surface area contributed by atoms with Crippen molar-refractivity contribution in [2.45, 2.75) is 43.5 Å². The molecule has 0 aromatic carbocycles. The van der Waals surface area contributed by atoms with Crippen molar-refractivity contribution in [1.29, 1.82) is 0 Å². The maximum Gasteiger partial charge on any atom is 0.315 e. The van der Waals surface area contributed by atoms with Crippen molar-refractivity contribution in [3.8, 4) is 0 Å². The molecule has 0 aromatic heterocycles. The maximum atomic E-state index is 12.1. The summed E-state index contributed by atoms with van der Waals surface area (Å²) in [6.07, 6.45) is -6.96. The zero-order chi connectivity index (χ0) is 12.8. The van der Waals surface area contributed by atoms with Crippen LogP contribution in [-0.2, 0) is 14.3 Å². The molecule has 6 nitrogen and oxygen atoms in total. The van der Waals surface area contributed by atoms with Gasteiger partial charge in [-0.25, -0.2) is 0 Å².